The van der Waals surface area contributed by atoms with E-state index in [9.17, 15) is 14.7 Å². The van der Waals surface area contributed by atoms with Gasteiger partial charge in [0.05, 0.1) is 32.5 Å². The summed E-state index contributed by atoms with van der Waals surface area (Å²) in [7, 11) is 4.48. The summed E-state index contributed by atoms with van der Waals surface area (Å²) in [5, 5.41) is 18.9. The topological polar surface area (TPSA) is 112 Å². The van der Waals surface area contributed by atoms with Crippen molar-refractivity contribution >= 4 is 29.6 Å². The predicted octanol–water partition coefficient (Wildman–Crippen LogP) is 3.50. The minimum atomic E-state index is -1.20. The maximum absolute atomic E-state index is 12.9. The molecule has 0 aliphatic heterocycles. The molecule has 0 saturated heterocycles. The molecule has 2 rings (SSSR count). The van der Waals surface area contributed by atoms with Gasteiger partial charge in [-0.1, -0.05) is 0 Å². The maximum atomic E-state index is 12.9. The summed E-state index contributed by atoms with van der Waals surface area (Å²) in [6.45, 7) is -0.651. The van der Waals surface area contributed by atoms with Gasteiger partial charge < -0.3 is 29.2 Å². The van der Waals surface area contributed by atoms with E-state index in [1.165, 1.54) is 57.4 Å². The van der Waals surface area contributed by atoms with Crippen molar-refractivity contribution in [2.24, 2.45) is 0 Å². The highest BCUT2D eigenvalue weighted by Gasteiger charge is 2.17. The fourth-order valence-electron chi connectivity index (χ4n) is 2.61. The van der Waals surface area contributed by atoms with Gasteiger partial charge >= 0.3 is 5.97 Å². The number of carboxylic acid groups (broad SMARTS) is 1. The van der Waals surface area contributed by atoms with Crippen LogP contribution in [0.1, 0.15) is 15.9 Å². The van der Waals surface area contributed by atoms with Crippen LogP contribution < -0.4 is 18.9 Å². The number of rotatable bonds is 10. The molecular formula is C21H22O8S. The number of phenolic OH excluding ortho intramolecular Hbond substituents is 1. The number of carbonyl (C=O) groups is 2. The molecule has 30 heavy (non-hydrogen) atoms. The summed E-state index contributed by atoms with van der Waals surface area (Å²) in [4.78, 5) is 24.2. The summed E-state index contributed by atoms with van der Waals surface area (Å²) < 4.78 is 21.1. The Morgan fingerprint density at radius 1 is 1.00 bits per heavy atom. The van der Waals surface area contributed by atoms with Crippen LogP contribution in [-0.4, -0.2) is 56.2 Å². The van der Waals surface area contributed by atoms with Crippen molar-refractivity contribution in [3.63, 3.8) is 0 Å². The second-order valence-corrected chi connectivity index (χ2v) is 6.69. The molecule has 0 unspecified atom stereocenters. The van der Waals surface area contributed by atoms with E-state index >= 15 is 0 Å². The molecule has 0 fully saturated rings. The van der Waals surface area contributed by atoms with E-state index in [1.54, 1.807) is 18.4 Å². The van der Waals surface area contributed by atoms with Gasteiger partial charge in [0.1, 0.15) is 28.7 Å². The lowest BCUT2D eigenvalue weighted by atomic mass is 10.1. The van der Waals surface area contributed by atoms with Crippen molar-refractivity contribution in [3.8, 4) is 28.7 Å². The summed E-state index contributed by atoms with van der Waals surface area (Å²) in [6.07, 6.45) is 4.55. The predicted molar refractivity (Wildman–Crippen MR) is 112 cm³/mol. The number of ether oxygens (including phenoxy) is 4. The Labute approximate surface area is 178 Å². The minimum absolute atomic E-state index is 0.0315. The fraction of sp³-hybridized carbons (Fsp3) is 0.238. The number of carboxylic acids is 1. The Morgan fingerprint density at radius 3 is 2.13 bits per heavy atom. The quantitative estimate of drug-likeness (QED) is 0.330. The van der Waals surface area contributed by atoms with Crippen LogP contribution in [0.15, 0.2) is 35.2 Å². The lowest BCUT2D eigenvalue weighted by Crippen LogP contribution is -2.11. The molecular weight excluding hydrogens is 412 g/mol. The highest BCUT2D eigenvalue weighted by atomic mass is 32.2. The number of ketones is 1. The van der Waals surface area contributed by atoms with Crippen molar-refractivity contribution in [2.75, 3.05) is 34.2 Å². The Hall–Kier alpha value is -3.33. The summed E-state index contributed by atoms with van der Waals surface area (Å²) in [5.41, 5.74) is 0.632. The molecule has 0 aliphatic carbocycles. The van der Waals surface area contributed by atoms with Crippen molar-refractivity contribution in [1.82, 2.24) is 0 Å². The SMILES string of the molecule is COc1cc(OC)c(/C=C/C(=O)c2cc(SC)c(O)cc2OCC(=O)O)c(OC)c1. The van der Waals surface area contributed by atoms with E-state index in [-0.39, 0.29) is 17.1 Å². The smallest absolute Gasteiger partial charge is 0.341 e. The van der Waals surface area contributed by atoms with E-state index in [4.69, 9.17) is 24.1 Å². The number of aromatic hydroxyl groups is 1. The summed E-state index contributed by atoms with van der Waals surface area (Å²) >= 11 is 1.24. The molecule has 2 N–H and O–H groups in total. The fourth-order valence-corrected chi connectivity index (χ4v) is 3.11. The number of hydrogen-bond donors (Lipinski definition) is 2. The second-order valence-electron chi connectivity index (χ2n) is 5.85. The van der Waals surface area contributed by atoms with Gasteiger partial charge in [-0.3, -0.25) is 4.79 Å². The van der Waals surface area contributed by atoms with E-state index in [0.717, 1.165) is 0 Å². The Balaban J connectivity index is 2.46. The third-order valence-corrected chi connectivity index (χ3v) is 4.82. The zero-order valence-corrected chi connectivity index (χ0v) is 17.7. The van der Waals surface area contributed by atoms with Gasteiger partial charge in [-0.2, -0.15) is 0 Å². The third-order valence-electron chi connectivity index (χ3n) is 4.05. The van der Waals surface area contributed by atoms with E-state index in [1.807, 2.05) is 0 Å². The van der Waals surface area contributed by atoms with Crippen molar-refractivity contribution in [1.29, 1.82) is 0 Å². The standard InChI is InChI=1S/C21H22O8S/c1-26-12-7-17(27-2)13(18(8-12)28-3)5-6-15(22)14-9-20(30-4)16(23)10-19(14)29-11-21(24)25/h5-10,23H,11H2,1-4H3,(H,24,25)/b6-5+. The number of benzene rings is 2. The number of carbonyl (C=O) groups excluding carboxylic acids is 1. The monoisotopic (exact) mass is 434 g/mol. The summed E-state index contributed by atoms with van der Waals surface area (Å²) in [5.74, 6) is -0.394. The van der Waals surface area contributed by atoms with Gasteiger partial charge in [-0.25, -0.2) is 4.79 Å². The van der Waals surface area contributed by atoms with E-state index in [0.29, 0.717) is 27.7 Å². The lowest BCUT2D eigenvalue weighted by molar-refractivity contribution is -0.139. The van der Waals surface area contributed by atoms with Crippen LogP contribution in [-0.2, 0) is 4.79 Å². The molecule has 0 heterocycles. The molecule has 2 aromatic carbocycles. The molecule has 0 bridgehead atoms. The molecule has 160 valence electrons. The first kappa shape index (κ1) is 23.0. The minimum Gasteiger partial charge on any atom is -0.507 e. The summed E-state index contributed by atoms with van der Waals surface area (Å²) in [6, 6.07) is 5.98. The van der Waals surface area contributed by atoms with Gasteiger partial charge in [0.2, 0.25) is 0 Å². The van der Waals surface area contributed by atoms with E-state index < -0.39 is 18.4 Å². The zero-order valence-electron chi connectivity index (χ0n) is 16.9. The first-order chi connectivity index (χ1) is 14.3. The molecule has 0 amide bonds. The van der Waals surface area contributed by atoms with Crippen molar-refractivity contribution in [2.45, 2.75) is 4.90 Å². The average molecular weight is 434 g/mol. The van der Waals surface area contributed by atoms with Gasteiger partial charge in [0.15, 0.2) is 12.4 Å². The largest absolute Gasteiger partial charge is 0.507 e. The van der Waals surface area contributed by atoms with Crippen LogP contribution in [0.4, 0.5) is 0 Å². The Morgan fingerprint density at radius 2 is 1.63 bits per heavy atom. The first-order valence-electron chi connectivity index (χ1n) is 8.62. The maximum Gasteiger partial charge on any atom is 0.341 e. The Kier molecular flexibility index (Phi) is 7.99. The molecule has 0 atom stereocenters. The molecule has 0 saturated carbocycles. The number of allylic oxidation sites excluding steroid dienone is 1. The van der Waals surface area contributed by atoms with Crippen LogP contribution in [0.3, 0.4) is 0 Å². The number of methoxy groups -OCH3 is 3. The molecule has 0 aromatic heterocycles. The first-order valence-corrected chi connectivity index (χ1v) is 9.85. The van der Waals surface area contributed by atoms with E-state index in [2.05, 4.69) is 0 Å². The molecule has 8 nitrogen and oxygen atoms in total. The molecule has 9 heteroatoms. The van der Waals surface area contributed by atoms with Crippen molar-refractivity contribution < 1.29 is 38.7 Å². The van der Waals surface area contributed by atoms with Crippen molar-refractivity contribution in [3.05, 3.63) is 41.5 Å². The highest BCUT2D eigenvalue weighted by Crippen LogP contribution is 2.36. The number of aliphatic carboxylic acids is 1. The molecule has 2 aromatic rings. The highest BCUT2D eigenvalue weighted by molar-refractivity contribution is 7.98. The van der Waals surface area contributed by atoms with Crippen LogP contribution in [0.5, 0.6) is 28.7 Å². The Bertz CT molecular complexity index is 943. The van der Waals surface area contributed by atoms with Crippen LogP contribution in [0.25, 0.3) is 6.08 Å². The van der Waals surface area contributed by atoms with Gasteiger partial charge in [-0.15, -0.1) is 11.8 Å². The number of hydrogen-bond acceptors (Lipinski definition) is 8. The molecule has 0 radical (unpaired) electrons. The van der Waals surface area contributed by atoms with Crippen LogP contribution in [0, 0.1) is 0 Å². The lowest BCUT2D eigenvalue weighted by Gasteiger charge is -2.13. The second kappa shape index (κ2) is 10.4. The molecule has 0 aliphatic rings. The molecule has 0 spiro atoms. The number of thioether (sulfide) groups is 1. The normalized spacial score (nSPS) is 10.7. The third kappa shape index (κ3) is 5.38. The number of phenols is 1. The average Bonchev–Trinajstić information content (AvgIpc) is 2.75. The van der Waals surface area contributed by atoms with Gasteiger partial charge in [-0.05, 0) is 24.5 Å². The zero-order chi connectivity index (χ0) is 22.3. The van der Waals surface area contributed by atoms with Crippen LogP contribution in [0.2, 0.25) is 0 Å². The van der Waals surface area contributed by atoms with Crippen LogP contribution >= 0.6 is 11.8 Å². The van der Waals surface area contributed by atoms with Gasteiger partial charge in [0.25, 0.3) is 0 Å². The van der Waals surface area contributed by atoms with Gasteiger partial charge in [0, 0.05) is 23.1 Å².